The number of aromatic nitrogens is 1. The van der Waals surface area contributed by atoms with Crippen LogP contribution in [0.3, 0.4) is 0 Å². The second-order valence-electron chi connectivity index (χ2n) is 9.54. The van der Waals surface area contributed by atoms with Gasteiger partial charge in [-0.05, 0) is 41.3 Å². The summed E-state index contributed by atoms with van der Waals surface area (Å²) in [6.45, 7) is 3.79. The summed E-state index contributed by atoms with van der Waals surface area (Å²) in [5.74, 6) is -1.76. The monoisotopic (exact) mass is 507 g/mol. The first-order valence-electron chi connectivity index (χ1n) is 12.1. The zero-order valence-electron chi connectivity index (χ0n) is 19.7. The smallest absolute Gasteiger partial charge is 0.341 e. The van der Waals surface area contributed by atoms with Gasteiger partial charge in [-0.15, -0.1) is 12.4 Å². The molecule has 2 aliphatic rings. The topological polar surface area (TPSA) is 65.8 Å². The molecular formula is C28H27ClFN3O3. The second-order valence-corrected chi connectivity index (χ2v) is 9.54. The molecule has 2 fully saturated rings. The average Bonchev–Trinajstić information content (AvgIpc) is 3.70. The van der Waals surface area contributed by atoms with Gasteiger partial charge in [0.25, 0.3) is 0 Å². The maximum absolute atomic E-state index is 15.2. The molecule has 1 aliphatic carbocycles. The number of benzene rings is 3. The van der Waals surface area contributed by atoms with Crippen molar-refractivity contribution in [1.29, 1.82) is 0 Å². The molecule has 6 nitrogen and oxygen atoms in total. The maximum Gasteiger partial charge on any atom is 0.341 e. The summed E-state index contributed by atoms with van der Waals surface area (Å²) in [6.07, 6.45) is 3.28. The Morgan fingerprint density at radius 1 is 0.972 bits per heavy atom. The number of rotatable bonds is 5. The molecule has 3 aromatic carbocycles. The van der Waals surface area contributed by atoms with Crippen LogP contribution in [0.4, 0.5) is 10.1 Å². The molecule has 36 heavy (non-hydrogen) atoms. The highest BCUT2D eigenvalue weighted by atomic mass is 35.5. The van der Waals surface area contributed by atoms with Gasteiger partial charge in [0.2, 0.25) is 5.43 Å². The Morgan fingerprint density at radius 3 is 2.42 bits per heavy atom. The van der Waals surface area contributed by atoms with E-state index in [0.717, 1.165) is 32.5 Å². The molecule has 1 aliphatic heterocycles. The molecule has 2 heterocycles. The summed E-state index contributed by atoms with van der Waals surface area (Å²) in [6, 6.07) is 17.9. The number of carboxylic acids is 1. The summed E-state index contributed by atoms with van der Waals surface area (Å²) in [4.78, 5) is 28.7. The Balaban J connectivity index is 0.00000267. The van der Waals surface area contributed by atoms with E-state index in [1.807, 2.05) is 15.5 Å². The number of hydrogen-bond acceptors (Lipinski definition) is 4. The summed E-state index contributed by atoms with van der Waals surface area (Å²) in [7, 11) is 0. The lowest BCUT2D eigenvalue weighted by molar-refractivity contribution is 0.0695. The summed E-state index contributed by atoms with van der Waals surface area (Å²) in [5, 5.41) is 12.1. The average molecular weight is 508 g/mol. The van der Waals surface area contributed by atoms with Gasteiger partial charge < -0.3 is 14.6 Å². The minimum atomic E-state index is -1.28. The number of anilines is 1. The van der Waals surface area contributed by atoms with Crippen molar-refractivity contribution in [3.05, 3.63) is 88.0 Å². The lowest BCUT2D eigenvalue weighted by Crippen LogP contribution is -2.46. The SMILES string of the molecule is Cl.O=C(O)c1cn(C2CC2)c2cc(N3CCN(Cc4cccc5ccccc45)CC3)c(F)cc2c1=O. The predicted molar refractivity (Wildman–Crippen MR) is 142 cm³/mol. The van der Waals surface area contributed by atoms with E-state index in [1.54, 1.807) is 6.07 Å². The van der Waals surface area contributed by atoms with Crippen molar-refractivity contribution >= 4 is 45.7 Å². The van der Waals surface area contributed by atoms with E-state index >= 15 is 4.39 Å². The van der Waals surface area contributed by atoms with Crippen LogP contribution in [-0.4, -0.2) is 46.7 Å². The third-order valence-electron chi connectivity index (χ3n) is 7.26. The lowest BCUT2D eigenvalue weighted by Gasteiger charge is -2.36. The minimum Gasteiger partial charge on any atom is -0.477 e. The fourth-order valence-corrected chi connectivity index (χ4v) is 5.23. The molecule has 6 rings (SSSR count). The predicted octanol–water partition coefficient (Wildman–Crippen LogP) is 5.07. The van der Waals surface area contributed by atoms with Gasteiger partial charge in [-0.3, -0.25) is 9.69 Å². The fraction of sp³-hybridized carbons (Fsp3) is 0.286. The second kappa shape index (κ2) is 9.56. The van der Waals surface area contributed by atoms with Crippen molar-refractivity contribution in [1.82, 2.24) is 9.47 Å². The summed E-state index contributed by atoms with van der Waals surface area (Å²) in [5.41, 5.74) is 1.43. The number of piperazine rings is 1. The molecule has 0 unspecified atom stereocenters. The van der Waals surface area contributed by atoms with Crippen LogP contribution in [0.5, 0.6) is 0 Å². The van der Waals surface area contributed by atoms with Crippen molar-refractivity contribution in [3.63, 3.8) is 0 Å². The number of fused-ring (bicyclic) bond motifs is 2. The van der Waals surface area contributed by atoms with Gasteiger partial charge in [-0.25, -0.2) is 9.18 Å². The van der Waals surface area contributed by atoms with Crippen LogP contribution in [0.2, 0.25) is 0 Å². The lowest BCUT2D eigenvalue weighted by atomic mass is 10.0. The van der Waals surface area contributed by atoms with Gasteiger partial charge in [-0.1, -0.05) is 42.5 Å². The number of halogens is 2. The Hall–Kier alpha value is -3.42. The van der Waals surface area contributed by atoms with Gasteiger partial charge >= 0.3 is 5.97 Å². The zero-order chi connectivity index (χ0) is 24.1. The maximum atomic E-state index is 15.2. The highest BCUT2D eigenvalue weighted by Crippen LogP contribution is 2.38. The molecule has 0 bridgehead atoms. The van der Waals surface area contributed by atoms with E-state index in [1.165, 1.54) is 28.6 Å². The molecule has 1 N–H and O–H groups in total. The number of carbonyl (C=O) groups is 1. The first-order valence-corrected chi connectivity index (χ1v) is 12.1. The van der Waals surface area contributed by atoms with E-state index in [0.29, 0.717) is 24.3 Å². The van der Waals surface area contributed by atoms with Crippen molar-refractivity contribution in [2.24, 2.45) is 0 Å². The number of pyridine rings is 1. The summed E-state index contributed by atoms with van der Waals surface area (Å²) >= 11 is 0. The molecule has 1 saturated heterocycles. The van der Waals surface area contributed by atoms with Crippen LogP contribution in [-0.2, 0) is 6.54 Å². The normalized spacial score (nSPS) is 16.3. The third-order valence-corrected chi connectivity index (χ3v) is 7.26. The quantitative estimate of drug-likeness (QED) is 0.408. The summed E-state index contributed by atoms with van der Waals surface area (Å²) < 4.78 is 17.1. The first kappa shape index (κ1) is 24.3. The van der Waals surface area contributed by atoms with Gasteiger partial charge in [-0.2, -0.15) is 0 Å². The fourth-order valence-electron chi connectivity index (χ4n) is 5.23. The van der Waals surface area contributed by atoms with Gasteiger partial charge in [0, 0.05) is 50.3 Å². The molecule has 8 heteroatoms. The Labute approximate surface area is 214 Å². The highest BCUT2D eigenvalue weighted by molar-refractivity contribution is 5.93. The first-order chi connectivity index (χ1) is 17.0. The van der Waals surface area contributed by atoms with E-state index in [9.17, 15) is 14.7 Å². The van der Waals surface area contributed by atoms with Crippen molar-refractivity contribution in [3.8, 4) is 0 Å². The van der Waals surface area contributed by atoms with Crippen LogP contribution in [0, 0.1) is 5.82 Å². The molecule has 4 aromatic rings. The van der Waals surface area contributed by atoms with Crippen LogP contribution < -0.4 is 10.3 Å². The largest absolute Gasteiger partial charge is 0.477 e. The van der Waals surface area contributed by atoms with Gasteiger partial charge in [0.1, 0.15) is 11.4 Å². The van der Waals surface area contributed by atoms with E-state index in [4.69, 9.17) is 0 Å². The minimum absolute atomic E-state index is 0. The van der Waals surface area contributed by atoms with Gasteiger partial charge in [0.15, 0.2) is 0 Å². The van der Waals surface area contributed by atoms with Crippen LogP contribution in [0.25, 0.3) is 21.7 Å². The number of hydrogen-bond donors (Lipinski definition) is 1. The standard InChI is InChI=1S/C28H26FN3O3.ClH/c29-24-14-22-25(32(20-8-9-20)17-23(27(22)33)28(34)35)15-26(24)31-12-10-30(11-13-31)16-19-6-3-5-18-4-1-2-7-21(18)19;/h1-7,14-15,17,20H,8-13,16H2,(H,34,35);1H. The van der Waals surface area contributed by atoms with E-state index in [2.05, 4.69) is 41.3 Å². The Bertz CT molecular complexity index is 1520. The van der Waals surface area contributed by atoms with Crippen molar-refractivity contribution in [2.75, 3.05) is 31.1 Å². The number of nitrogens with zero attached hydrogens (tertiary/aromatic N) is 3. The van der Waals surface area contributed by atoms with E-state index in [-0.39, 0.29) is 29.4 Å². The molecule has 0 spiro atoms. The Morgan fingerprint density at radius 2 is 1.69 bits per heavy atom. The third kappa shape index (κ3) is 4.33. The molecule has 0 atom stereocenters. The van der Waals surface area contributed by atoms with Crippen LogP contribution >= 0.6 is 12.4 Å². The number of carboxylic acid groups (broad SMARTS) is 1. The molecule has 0 amide bonds. The van der Waals surface area contributed by atoms with Crippen molar-refractivity contribution < 1.29 is 14.3 Å². The number of aromatic carboxylic acids is 1. The Kier molecular flexibility index (Phi) is 6.45. The molecule has 186 valence electrons. The zero-order valence-corrected chi connectivity index (χ0v) is 20.5. The van der Waals surface area contributed by atoms with E-state index < -0.39 is 17.2 Å². The highest BCUT2D eigenvalue weighted by Gasteiger charge is 2.28. The molecular weight excluding hydrogens is 481 g/mol. The van der Waals surface area contributed by atoms with Crippen molar-refractivity contribution in [2.45, 2.75) is 25.4 Å². The van der Waals surface area contributed by atoms with Crippen LogP contribution in [0.15, 0.2) is 65.6 Å². The molecule has 1 aromatic heterocycles. The van der Waals surface area contributed by atoms with Crippen LogP contribution in [0.1, 0.15) is 34.8 Å². The molecule has 0 radical (unpaired) electrons. The van der Waals surface area contributed by atoms with Gasteiger partial charge in [0.05, 0.1) is 11.2 Å². The molecule has 1 saturated carbocycles.